The number of benzene rings is 2. The van der Waals surface area contributed by atoms with Gasteiger partial charge in [-0.1, -0.05) is 36.8 Å². The van der Waals surface area contributed by atoms with Crippen LogP contribution in [0, 0.1) is 0 Å². The second kappa shape index (κ2) is 9.24. The maximum Gasteiger partial charge on any atom is 0.321 e. The number of aryl methyl sites for hydroxylation is 3. The molecule has 0 radical (unpaired) electrons. The predicted molar refractivity (Wildman–Crippen MR) is 119 cm³/mol. The van der Waals surface area contributed by atoms with Crippen molar-refractivity contribution in [1.29, 1.82) is 0 Å². The molecule has 0 unspecified atom stereocenters. The van der Waals surface area contributed by atoms with Crippen LogP contribution in [-0.2, 0) is 34.1 Å². The van der Waals surface area contributed by atoms with E-state index in [1.807, 2.05) is 30.3 Å². The molecule has 164 valence electrons. The first kappa shape index (κ1) is 21.6. The van der Waals surface area contributed by atoms with Gasteiger partial charge in [0.1, 0.15) is 17.4 Å². The number of nitrogens with one attached hydrogen (secondary N) is 1. The number of carboxylic acids is 1. The second-order valence-electron chi connectivity index (χ2n) is 8.11. The molecule has 0 saturated carbocycles. The molecule has 1 atom stereocenters. The van der Waals surface area contributed by atoms with Gasteiger partial charge >= 0.3 is 5.97 Å². The van der Waals surface area contributed by atoms with Crippen LogP contribution in [0.15, 0.2) is 57.8 Å². The van der Waals surface area contributed by atoms with E-state index in [0.29, 0.717) is 12.0 Å². The molecule has 31 heavy (non-hydrogen) atoms. The number of unbranched alkanes of at least 4 members (excludes halogenated alkanes) is 1. The van der Waals surface area contributed by atoms with Crippen molar-refractivity contribution in [1.82, 2.24) is 4.72 Å². The molecule has 0 aliphatic heterocycles. The molecule has 6 nitrogen and oxygen atoms in total. The first-order valence-corrected chi connectivity index (χ1v) is 12.3. The van der Waals surface area contributed by atoms with Gasteiger partial charge < -0.3 is 9.52 Å². The Morgan fingerprint density at radius 3 is 2.61 bits per heavy atom. The van der Waals surface area contributed by atoms with Crippen LogP contribution in [0.4, 0.5) is 0 Å². The lowest BCUT2D eigenvalue weighted by atomic mass is 9.96. The van der Waals surface area contributed by atoms with Crippen LogP contribution in [0.2, 0.25) is 0 Å². The number of aliphatic carboxylic acids is 1. The molecule has 1 aliphatic carbocycles. The van der Waals surface area contributed by atoms with Crippen molar-refractivity contribution in [2.45, 2.75) is 62.3 Å². The first-order valence-electron chi connectivity index (χ1n) is 10.8. The number of hydrogen-bond donors (Lipinski definition) is 2. The summed E-state index contributed by atoms with van der Waals surface area (Å²) in [5.74, 6) is -0.233. The number of furan rings is 1. The molecule has 1 aliphatic rings. The molecule has 0 fully saturated rings. The maximum absolute atomic E-state index is 12.9. The van der Waals surface area contributed by atoms with Gasteiger partial charge in [0.15, 0.2) is 0 Å². The summed E-state index contributed by atoms with van der Waals surface area (Å²) in [6, 6.07) is 13.6. The Kier molecular flexibility index (Phi) is 6.43. The molecule has 0 amide bonds. The zero-order chi connectivity index (χ0) is 21.8. The molecule has 4 rings (SSSR count). The summed E-state index contributed by atoms with van der Waals surface area (Å²) in [7, 11) is -3.98. The van der Waals surface area contributed by atoms with E-state index in [2.05, 4.69) is 4.72 Å². The molecule has 2 aromatic carbocycles. The highest BCUT2D eigenvalue weighted by Crippen LogP contribution is 2.33. The fourth-order valence-electron chi connectivity index (χ4n) is 4.22. The molecule has 1 heterocycles. The highest BCUT2D eigenvalue weighted by atomic mass is 32.2. The molecule has 3 aromatic rings. The molecular formula is C24H27NO5S. The van der Waals surface area contributed by atoms with Gasteiger partial charge in [0, 0.05) is 23.4 Å². The lowest BCUT2D eigenvalue weighted by Gasteiger charge is -2.15. The van der Waals surface area contributed by atoms with Gasteiger partial charge in [0.2, 0.25) is 10.0 Å². The molecule has 0 spiro atoms. The standard InChI is InChI=1S/C24H27NO5S/c26-24(27)21(12-6-4-10-17-8-2-1-3-9-17)25-31(28,29)18-14-15-20-19-11-5-7-13-22(19)30-23(20)16-18/h1-3,8-9,14-16,21,25H,4-7,10-13H2,(H,26,27)/t21-/m0/s1. The Labute approximate surface area is 182 Å². The van der Waals surface area contributed by atoms with Gasteiger partial charge in [-0.15, -0.1) is 0 Å². The highest BCUT2D eigenvalue weighted by molar-refractivity contribution is 7.89. The minimum absolute atomic E-state index is 0.0293. The van der Waals surface area contributed by atoms with Crippen molar-refractivity contribution in [2.24, 2.45) is 0 Å². The van der Waals surface area contributed by atoms with Gasteiger partial charge in [-0.3, -0.25) is 4.79 Å². The van der Waals surface area contributed by atoms with Crippen LogP contribution >= 0.6 is 0 Å². The number of rotatable bonds is 9. The Bertz CT molecular complexity index is 1170. The Balaban J connectivity index is 1.43. The lowest BCUT2D eigenvalue weighted by Crippen LogP contribution is -2.40. The second-order valence-corrected chi connectivity index (χ2v) is 9.83. The minimum Gasteiger partial charge on any atom is -0.480 e. The Hall–Kier alpha value is -2.64. The number of hydrogen-bond acceptors (Lipinski definition) is 4. The smallest absolute Gasteiger partial charge is 0.321 e. The summed E-state index contributed by atoms with van der Waals surface area (Å²) in [4.78, 5) is 11.7. The van der Waals surface area contributed by atoms with E-state index in [1.165, 1.54) is 23.3 Å². The average Bonchev–Trinajstić information content (AvgIpc) is 3.14. The maximum atomic E-state index is 12.9. The van der Waals surface area contributed by atoms with Crippen molar-refractivity contribution in [3.05, 3.63) is 65.4 Å². The van der Waals surface area contributed by atoms with Gasteiger partial charge in [0.25, 0.3) is 0 Å². The molecular weight excluding hydrogens is 414 g/mol. The van der Waals surface area contributed by atoms with E-state index in [4.69, 9.17) is 4.42 Å². The fourth-order valence-corrected chi connectivity index (χ4v) is 5.46. The van der Waals surface area contributed by atoms with Crippen molar-refractivity contribution in [3.63, 3.8) is 0 Å². The summed E-state index contributed by atoms with van der Waals surface area (Å²) in [5.41, 5.74) is 2.90. The third kappa shape index (κ3) is 4.99. The number of carbonyl (C=O) groups is 1. The third-order valence-corrected chi connectivity index (χ3v) is 7.35. The van der Waals surface area contributed by atoms with E-state index >= 15 is 0 Å². The van der Waals surface area contributed by atoms with E-state index in [9.17, 15) is 18.3 Å². The van der Waals surface area contributed by atoms with E-state index in [-0.39, 0.29) is 11.3 Å². The summed E-state index contributed by atoms with van der Waals surface area (Å²) in [6.07, 6.45) is 6.46. The first-order chi connectivity index (χ1) is 14.9. The van der Waals surface area contributed by atoms with Crippen LogP contribution in [0.5, 0.6) is 0 Å². The molecule has 0 saturated heterocycles. The van der Waals surface area contributed by atoms with Crippen molar-refractivity contribution < 1.29 is 22.7 Å². The summed E-state index contributed by atoms with van der Waals surface area (Å²) in [5, 5.41) is 10.5. The van der Waals surface area contributed by atoms with Crippen molar-refractivity contribution >= 4 is 27.0 Å². The van der Waals surface area contributed by atoms with Crippen molar-refractivity contribution in [2.75, 3.05) is 0 Å². The third-order valence-electron chi connectivity index (χ3n) is 5.89. The van der Waals surface area contributed by atoms with Gasteiger partial charge in [-0.2, -0.15) is 4.72 Å². The zero-order valence-corrected chi connectivity index (χ0v) is 18.2. The summed E-state index contributed by atoms with van der Waals surface area (Å²) < 4.78 is 34.0. The Morgan fingerprint density at radius 1 is 1.06 bits per heavy atom. The normalized spacial score (nSPS) is 15.0. The predicted octanol–water partition coefficient (Wildman–Crippen LogP) is 4.46. The number of sulfonamides is 1. The number of carboxylic acid groups (broad SMARTS) is 1. The van der Waals surface area contributed by atoms with E-state index < -0.39 is 22.0 Å². The average molecular weight is 442 g/mol. The van der Waals surface area contributed by atoms with Crippen molar-refractivity contribution in [3.8, 4) is 0 Å². The van der Waals surface area contributed by atoms with Crippen LogP contribution < -0.4 is 4.72 Å². The SMILES string of the molecule is O=C(O)[C@H](CCCCc1ccccc1)NS(=O)(=O)c1ccc2c3c(oc2c1)CCCC3. The Morgan fingerprint density at radius 2 is 1.84 bits per heavy atom. The van der Waals surface area contributed by atoms with Gasteiger partial charge in [0.05, 0.1) is 4.90 Å². The van der Waals surface area contributed by atoms with Gasteiger partial charge in [-0.05, 0) is 56.2 Å². The van der Waals surface area contributed by atoms with Crippen LogP contribution in [0.1, 0.15) is 49.0 Å². The highest BCUT2D eigenvalue weighted by Gasteiger charge is 2.26. The van der Waals surface area contributed by atoms with E-state index in [1.54, 1.807) is 6.07 Å². The molecule has 7 heteroatoms. The summed E-state index contributed by atoms with van der Waals surface area (Å²) in [6.45, 7) is 0. The van der Waals surface area contributed by atoms with E-state index in [0.717, 1.165) is 49.7 Å². The molecule has 1 aromatic heterocycles. The summed E-state index contributed by atoms with van der Waals surface area (Å²) >= 11 is 0. The van der Waals surface area contributed by atoms with Gasteiger partial charge in [-0.25, -0.2) is 8.42 Å². The van der Waals surface area contributed by atoms with Crippen LogP contribution in [0.25, 0.3) is 11.0 Å². The quantitative estimate of drug-likeness (QED) is 0.478. The fraction of sp³-hybridized carbons (Fsp3) is 0.375. The van der Waals surface area contributed by atoms with Crippen LogP contribution in [0.3, 0.4) is 0 Å². The largest absolute Gasteiger partial charge is 0.480 e. The van der Waals surface area contributed by atoms with Crippen LogP contribution in [-0.4, -0.2) is 25.5 Å². The topological polar surface area (TPSA) is 96.6 Å². The molecule has 2 N–H and O–H groups in total. The monoisotopic (exact) mass is 441 g/mol. The molecule has 0 bridgehead atoms. The number of fused-ring (bicyclic) bond motifs is 3. The lowest BCUT2D eigenvalue weighted by molar-refractivity contribution is -0.139. The minimum atomic E-state index is -3.98. The zero-order valence-electron chi connectivity index (χ0n) is 17.3.